The zero-order valence-electron chi connectivity index (χ0n) is 14.4. The van der Waals surface area contributed by atoms with Crippen LogP contribution < -0.4 is 5.32 Å². The van der Waals surface area contributed by atoms with E-state index in [0.29, 0.717) is 18.4 Å². The van der Waals surface area contributed by atoms with Crippen molar-refractivity contribution < 1.29 is 23.5 Å². The van der Waals surface area contributed by atoms with Crippen LogP contribution in [0.25, 0.3) is 0 Å². The van der Waals surface area contributed by atoms with Crippen LogP contribution >= 0.6 is 0 Å². The Balaban J connectivity index is 2.13. The van der Waals surface area contributed by atoms with Gasteiger partial charge in [0.2, 0.25) is 11.8 Å². The lowest BCUT2D eigenvalue weighted by Gasteiger charge is -2.31. The molecule has 7 heteroatoms. The number of imide groups is 1. The van der Waals surface area contributed by atoms with Crippen molar-refractivity contribution in [1.82, 2.24) is 10.2 Å². The molecule has 0 aromatic heterocycles. The lowest BCUT2D eigenvalue weighted by Crippen LogP contribution is -2.56. The first kappa shape index (κ1) is 17.5. The number of rotatable bonds is 4. The number of likely N-dealkylation sites (tertiary alicyclic amines) is 1. The molecule has 0 bridgehead atoms. The molecule has 0 spiro atoms. The number of esters is 1. The van der Waals surface area contributed by atoms with Crippen molar-refractivity contribution in [2.45, 2.75) is 31.3 Å². The van der Waals surface area contributed by atoms with Gasteiger partial charge in [-0.2, -0.15) is 0 Å². The first-order valence-corrected chi connectivity index (χ1v) is 8.30. The minimum Gasteiger partial charge on any atom is -0.468 e. The quantitative estimate of drug-likeness (QED) is 0.658. The second kappa shape index (κ2) is 6.22. The molecule has 1 N–H and O–H groups in total. The van der Waals surface area contributed by atoms with Crippen molar-refractivity contribution in [3.63, 3.8) is 0 Å². The summed E-state index contributed by atoms with van der Waals surface area (Å²) in [5.74, 6) is -3.20. The number of hydrogen-bond acceptors (Lipinski definition) is 5. The van der Waals surface area contributed by atoms with E-state index in [1.807, 2.05) is 6.92 Å². The van der Waals surface area contributed by atoms with Crippen LogP contribution in [0.3, 0.4) is 0 Å². The van der Waals surface area contributed by atoms with Crippen molar-refractivity contribution in [2.75, 3.05) is 14.2 Å². The predicted molar refractivity (Wildman–Crippen MR) is 86.7 cm³/mol. The van der Waals surface area contributed by atoms with Gasteiger partial charge in [0.05, 0.1) is 18.9 Å². The molecule has 134 valence electrons. The zero-order chi connectivity index (χ0) is 18.4. The molecular formula is C18H21FN2O4. The number of halogens is 1. The Morgan fingerprint density at radius 2 is 1.92 bits per heavy atom. The maximum atomic E-state index is 13.3. The number of amides is 2. The molecule has 4 unspecified atom stereocenters. The normalized spacial score (nSPS) is 31.4. The van der Waals surface area contributed by atoms with Gasteiger partial charge in [-0.1, -0.05) is 25.5 Å². The van der Waals surface area contributed by atoms with Gasteiger partial charge < -0.3 is 4.74 Å². The minimum absolute atomic E-state index is 0.335. The fourth-order valence-corrected chi connectivity index (χ4v) is 4.20. The molecule has 0 saturated carbocycles. The van der Waals surface area contributed by atoms with Crippen LogP contribution in [0.2, 0.25) is 0 Å². The number of carbonyl (C=O) groups excluding carboxylic acids is 3. The summed E-state index contributed by atoms with van der Waals surface area (Å²) in [5, 5.41) is 3.21. The fraction of sp³-hybridized carbons (Fsp3) is 0.500. The van der Waals surface area contributed by atoms with E-state index >= 15 is 0 Å². The van der Waals surface area contributed by atoms with Crippen molar-refractivity contribution in [2.24, 2.45) is 11.8 Å². The molecule has 2 aliphatic heterocycles. The zero-order valence-corrected chi connectivity index (χ0v) is 14.4. The largest absolute Gasteiger partial charge is 0.468 e. The maximum absolute atomic E-state index is 13.3. The Labute approximate surface area is 145 Å². The van der Waals surface area contributed by atoms with Crippen LogP contribution in [0, 0.1) is 17.7 Å². The highest BCUT2D eigenvalue weighted by atomic mass is 19.1. The van der Waals surface area contributed by atoms with Gasteiger partial charge in [-0.15, -0.1) is 0 Å². The summed E-state index contributed by atoms with van der Waals surface area (Å²) in [5.41, 5.74) is -0.597. The average Bonchev–Trinajstić information content (AvgIpc) is 3.06. The van der Waals surface area contributed by atoms with Gasteiger partial charge in [0, 0.05) is 13.1 Å². The van der Waals surface area contributed by atoms with Crippen LogP contribution in [0.1, 0.15) is 31.4 Å². The van der Waals surface area contributed by atoms with Gasteiger partial charge >= 0.3 is 5.97 Å². The van der Waals surface area contributed by atoms with E-state index in [1.54, 1.807) is 12.1 Å². The third-order valence-electron chi connectivity index (χ3n) is 5.30. The Kier molecular flexibility index (Phi) is 4.36. The number of ether oxygens (including phenoxy) is 1. The molecule has 25 heavy (non-hydrogen) atoms. The van der Waals surface area contributed by atoms with E-state index in [9.17, 15) is 18.8 Å². The summed E-state index contributed by atoms with van der Waals surface area (Å²) in [6.07, 6.45) is 0.998. The minimum atomic E-state index is -1.26. The van der Waals surface area contributed by atoms with Crippen molar-refractivity contribution in [1.29, 1.82) is 0 Å². The van der Waals surface area contributed by atoms with Crippen molar-refractivity contribution in [3.05, 3.63) is 35.6 Å². The first-order chi connectivity index (χ1) is 11.9. The Hall–Kier alpha value is -2.28. The summed E-state index contributed by atoms with van der Waals surface area (Å²) in [6, 6.07) is 5.18. The topological polar surface area (TPSA) is 75.7 Å². The SMILES string of the molecule is CCCC1(C(=O)OC)NC(c2ccc(F)cc2)C2C(=O)N(C)C(=O)C21. The van der Waals surface area contributed by atoms with E-state index in [1.165, 1.54) is 26.3 Å². The number of hydrogen-bond donors (Lipinski definition) is 1. The number of methoxy groups -OCH3 is 1. The second-order valence-corrected chi connectivity index (χ2v) is 6.63. The lowest BCUT2D eigenvalue weighted by molar-refractivity contribution is -0.154. The van der Waals surface area contributed by atoms with Crippen LogP contribution in [0.5, 0.6) is 0 Å². The monoisotopic (exact) mass is 348 g/mol. The van der Waals surface area contributed by atoms with Gasteiger partial charge in [-0.05, 0) is 24.1 Å². The van der Waals surface area contributed by atoms with Crippen LogP contribution in [-0.2, 0) is 19.1 Å². The first-order valence-electron chi connectivity index (χ1n) is 8.30. The summed E-state index contributed by atoms with van der Waals surface area (Å²) < 4.78 is 18.3. The molecule has 1 aromatic rings. The highest BCUT2D eigenvalue weighted by molar-refractivity contribution is 6.09. The molecule has 0 radical (unpaired) electrons. The predicted octanol–water partition coefficient (Wildman–Crippen LogP) is 1.41. The highest BCUT2D eigenvalue weighted by Crippen LogP contribution is 2.50. The number of nitrogens with one attached hydrogen (secondary N) is 1. The summed E-state index contributed by atoms with van der Waals surface area (Å²) >= 11 is 0. The number of fused-ring (bicyclic) bond motifs is 1. The molecular weight excluding hydrogens is 327 g/mol. The van der Waals surface area contributed by atoms with Crippen molar-refractivity contribution >= 4 is 17.8 Å². The molecule has 1 aromatic carbocycles. The molecule has 0 aliphatic carbocycles. The van der Waals surface area contributed by atoms with E-state index < -0.39 is 35.2 Å². The van der Waals surface area contributed by atoms with Gasteiger partial charge in [0.15, 0.2) is 0 Å². The van der Waals surface area contributed by atoms with E-state index in [-0.39, 0.29) is 11.8 Å². The Bertz CT molecular complexity index is 720. The van der Waals surface area contributed by atoms with Crippen molar-refractivity contribution in [3.8, 4) is 0 Å². The van der Waals surface area contributed by atoms with E-state index in [4.69, 9.17) is 4.74 Å². The molecule has 2 saturated heterocycles. The van der Waals surface area contributed by atoms with Crippen LogP contribution in [0.15, 0.2) is 24.3 Å². The standard InChI is InChI=1S/C18H21FN2O4/c1-4-9-18(17(24)25-3)13-12(15(22)21(2)16(13)23)14(20-18)10-5-7-11(19)8-6-10/h5-8,12-14,20H,4,9H2,1-3H3. The van der Waals surface area contributed by atoms with E-state index in [2.05, 4.69) is 5.32 Å². The molecule has 3 rings (SSSR count). The maximum Gasteiger partial charge on any atom is 0.326 e. The summed E-state index contributed by atoms with van der Waals surface area (Å²) in [7, 11) is 2.70. The number of nitrogens with zero attached hydrogens (tertiary/aromatic N) is 1. The molecule has 2 amide bonds. The van der Waals surface area contributed by atoms with Gasteiger partial charge in [-0.25, -0.2) is 4.39 Å². The van der Waals surface area contributed by atoms with Crippen LogP contribution in [-0.4, -0.2) is 42.4 Å². The molecule has 2 heterocycles. The molecule has 2 aliphatic rings. The van der Waals surface area contributed by atoms with E-state index in [0.717, 1.165) is 4.90 Å². The van der Waals surface area contributed by atoms with Gasteiger partial charge in [0.25, 0.3) is 0 Å². The third-order valence-corrected chi connectivity index (χ3v) is 5.30. The highest BCUT2D eigenvalue weighted by Gasteiger charge is 2.67. The Morgan fingerprint density at radius 3 is 2.48 bits per heavy atom. The molecule has 4 atom stereocenters. The average molecular weight is 348 g/mol. The lowest BCUT2D eigenvalue weighted by atomic mass is 9.77. The summed E-state index contributed by atoms with van der Waals surface area (Å²) in [4.78, 5) is 39.1. The Morgan fingerprint density at radius 1 is 1.28 bits per heavy atom. The number of carbonyl (C=O) groups is 3. The number of benzene rings is 1. The summed E-state index contributed by atoms with van der Waals surface area (Å²) in [6.45, 7) is 1.90. The molecule has 6 nitrogen and oxygen atoms in total. The smallest absolute Gasteiger partial charge is 0.326 e. The third kappa shape index (κ3) is 2.45. The molecule has 2 fully saturated rings. The van der Waals surface area contributed by atoms with Crippen LogP contribution in [0.4, 0.5) is 4.39 Å². The second-order valence-electron chi connectivity index (χ2n) is 6.63. The van der Waals surface area contributed by atoms with Gasteiger partial charge in [-0.3, -0.25) is 24.6 Å². The van der Waals surface area contributed by atoms with Gasteiger partial charge in [0.1, 0.15) is 11.4 Å². The fourth-order valence-electron chi connectivity index (χ4n) is 4.20.